The molecule has 4 heteroatoms. The number of anilines is 2. The molecule has 19 heavy (non-hydrogen) atoms. The number of carbonyl (C=O) groups excluding carboxylic acids is 1. The monoisotopic (exact) mass is 261 g/mol. The van der Waals surface area contributed by atoms with E-state index < -0.39 is 0 Å². The molecule has 1 aromatic carbocycles. The van der Waals surface area contributed by atoms with Crippen LogP contribution >= 0.6 is 0 Å². The minimum atomic E-state index is 0.00553. The molecule has 0 bridgehead atoms. The van der Waals surface area contributed by atoms with E-state index in [2.05, 4.69) is 10.2 Å². The topological polar surface area (TPSA) is 58.4 Å². The summed E-state index contributed by atoms with van der Waals surface area (Å²) < 4.78 is 0. The fourth-order valence-electron chi connectivity index (χ4n) is 2.68. The number of nitrogens with zero attached hydrogens (tertiary/aromatic N) is 1. The zero-order chi connectivity index (χ0) is 13.7. The lowest BCUT2D eigenvalue weighted by Gasteiger charge is -2.30. The highest BCUT2D eigenvalue weighted by molar-refractivity contribution is 5.95. The van der Waals surface area contributed by atoms with Crippen molar-refractivity contribution in [2.45, 2.75) is 38.1 Å². The lowest BCUT2D eigenvalue weighted by atomic mass is 9.94. The average Bonchev–Trinajstić information content (AvgIpc) is 2.42. The Labute approximate surface area is 115 Å². The molecule has 104 valence electrons. The van der Waals surface area contributed by atoms with E-state index in [0.717, 1.165) is 0 Å². The Balaban J connectivity index is 1.85. The van der Waals surface area contributed by atoms with Crippen LogP contribution in [0, 0.1) is 0 Å². The lowest BCUT2D eigenvalue weighted by molar-refractivity contribution is -0.117. The first kappa shape index (κ1) is 13.9. The van der Waals surface area contributed by atoms with Crippen molar-refractivity contribution in [3.63, 3.8) is 0 Å². The van der Waals surface area contributed by atoms with Gasteiger partial charge in [-0.2, -0.15) is 0 Å². The quantitative estimate of drug-likeness (QED) is 0.819. The molecule has 1 aliphatic carbocycles. The Morgan fingerprint density at radius 3 is 2.68 bits per heavy atom. The molecule has 2 rings (SSSR count). The van der Waals surface area contributed by atoms with Crippen LogP contribution in [0.15, 0.2) is 24.3 Å². The summed E-state index contributed by atoms with van der Waals surface area (Å²) in [5, 5.41) is 2.87. The Hall–Kier alpha value is -1.55. The first-order valence-electron chi connectivity index (χ1n) is 7.01. The van der Waals surface area contributed by atoms with Gasteiger partial charge in [0.15, 0.2) is 0 Å². The van der Waals surface area contributed by atoms with E-state index in [1.165, 1.54) is 32.1 Å². The molecule has 1 fully saturated rings. The van der Waals surface area contributed by atoms with Gasteiger partial charge < -0.3 is 11.1 Å². The fourth-order valence-corrected chi connectivity index (χ4v) is 2.68. The van der Waals surface area contributed by atoms with Crippen LogP contribution in [0.1, 0.15) is 32.1 Å². The van der Waals surface area contributed by atoms with E-state index in [9.17, 15) is 4.79 Å². The summed E-state index contributed by atoms with van der Waals surface area (Å²) in [6.07, 6.45) is 6.30. The number of hydrogen-bond acceptors (Lipinski definition) is 3. The van der Waals surface area contributed by atoms with Crippen LogP contribution < -0.4 is 11.1 Å². The molecule has 1 aromatic rings. The Morgan fingerprint density at radius 1 is 1.32 bits per heavy atom. The molecule has 1 amide bonds. The van der Waals surface area contributed by atoms with Crippen molar-refractivity contribution >= 4 is 17.3 Å². The van der Waals surface area contributed by atoms with Crippen LogP contribution in [0.5, 0.6) is 0 Å². The number of hydrogen-bond donors (Lipinski definition) is 2. The number of nitrogens with one attached hydrogen (secondary N) is 1. The van der Waals surface area contributed by atoms with Crippen LogP contribution in [0.4, 0.5) is 11.4 Å². The number of nitrogen functional groups attached to an aromatic ring is 1. The Kier molecular flexibility index (Phi) is 4.80. The van der Waals surface area contributed by atoms with Crippen molar-refractivity contribution in [3.05, 3.63) is 24.3 Å². The molecule has 0 spiro atoms. The van der Waals surface area contributed by atoms with E-state index in [4.69, 9.17) is 5.73 Å². The zero-order valence-corrected chi connectivity index (χ0v) is 11.6. The van der Waals surface area contributed by atoms with Gasteiger partial charge in [-0.05, 0) is 32.0 Å². The van der Waals surface area contributed by atoms with Crippen LogP contribution in [0.3, 0.4) is 0 Å². The lowest BCUT2D eigenvalue weighted by Crippen LogP contribution is -2.39. The fraction of sp³-hybridized carbons (Fsp3) is 0.533. The SMILES string of the molecule is CN(CC(=O)Nc1ccccc1N)C1CCCCC1. The number of nitrogens with two attached hydrogens (primary N) is 1. The van der Waals surface area contributed by atoms with Crippen molar-refractivity contribution in [3.8, 4) is 0 Å². The van der Waals surface area contributed by atoms with Crippen LogP contribution in [-0.2, 0) is 4.79 Å². The Bertz CT molecular complexity index is 427. The molecule has 1 aliphatic rings. The molecule has 0 aliphatic heterocycles. The molecule has 0 atom stereocenters. The summed E-state index contributed by atoms with van der Waals surface area (Å²) in [7, 11) is 2.03. The largest absolute Gasteiger partial charge is 0.397 e. The molecule has 0 radical (unpaired) electrons. The van der Waals surface area contributed by atoms with E-state index >= 15 is 0 Å². The first-order valence-corrected chi connectivity index (χ1v) is 7.01. The third-order valence-corrected chi connectivity index (χ3v) is 3.83. The molecule has 4 nitrogen and oxygen atoms in total. The normalized spacial score (nSPS) is 16.5. The number of amides is 1. The average molecular weight is 261 g/mol. The number of rotatable bonds is 4. The maximum absolute atomic E-state index is 12.0. The van der Waals surface area contributed by atoms with Gasteiger partial charge in [0.25, 0.3) is 0 Å². The summed E-state index contributed by atoms with van der Waals surface area (Å²) >= 11 is 0. The molecule has 3 N–H and O–H groups in total. The third kappa shape index (κ3) is 3.96. The van der Waals surface area contributed by atoms with E-state index in [-0.39, 0.29) is 5.91 Å². The summed E-state index contributed by atoms with van der Waals surface area (Å²) in [6, 6.07) is 7.90. The molecule has 0 heterocycles. The van der Waals surface area contributed by atoms with Crippen LogP contribution in [0.2, 0.25) is 0 Å². The van der Waals surface area contributed by atoms with Crippen molar-refractivity contribution in [1.29, 1.82) is 0 Å². The predicted octanol–water partition coefficient (Wildman–Crippen LogP) is 2.47. The summed E-state index contributed by atoms with van der Waals surface area (Å²) in [5.74, 6) is 0.00553. The van der Waals surface area contributed by atoms with Crippen molar-refractivity contribution in [2.75, 3.05) is 24.6 Å². The van der Waals surface area contributed by atoms with Gasteiger partial charge in [-0.1, -0.05) is 31.4 Å². The highest BCUT2D eigenvalue weighted by Crippen LogP contribution is 2.22. The maximum Gasteiger partial charge on any atom is 0.238 e. The van der Waals surface area contributed by atoms with Gasteiger partial charge in [0.1, 0.15) is 0 Å². The van der Waals surface area contributed by atoms with E-state index in [0.29, 0.717) is 24.0 Å². The molecule has 0 aromatic heterocycles. The molecule has 0 saturated heterocycles. The van der Waals surface area contributed by atoms with Crippen molar-refractivity contribution in [1.82, 2.24) is 4.90 Å². The van der Waals surface area contributed by atoms with Crippen molar-refractivity contribution in [2.24, 2.45) is 0 Å². The van der Waals surface area contributed by atoms with Crippen LogP contribution in [-0.4, -0.2) is 30.4 Å². The summed E-state index contributed by atoms with van der Waals surface area (Å²) in [5.41, 5.74) is 7.12. The molecule has 1 saturated carbocycles. The smallest absolute Gasteiger partial charge is 0.238 e. The van der Waals surface area contributed by atoms with Gasteiger partial charge in [0, 0.05) is 6.04 Å². The minimum Gasteiger partial charge on any atom is -0.397 e. The van der Waals surface area contributed by atoms with E-state index in [1.807, 2.05) is 25.2 Å². The third-order valence-electron chi connectivity index (χ3n) is 3.83. The predicted molar refractivity (Wildman–Crippen MR) is 79.0 cm³/mol. The highest BCUT2D eigenvalue weighted by atomic mass is 16.2. The van der Waals surface area contributed by atoms with E-state index in [1.54, 1.807) is 6.07 Å². The minimum absolute atomic E-state index is 0.00553. The molecular weight excluding hydrogens is 238 g/mol. The Morgan fingerprint density at radius 2 is 2.00 bits per heavy atom. The second-order valence-electron chi connectivity index (χ2n) is 5.34. The number of carbonyl (C=O) groups is 1. The van der Waals surface area contributed by atoms with Gasteiger partial charge in [-0.15, -0.1) is 0 Å². The molecule has 0 unspecified atom stereocenters. The number of para-hydroxylation sites is 2. The second-order valence-corrected chi connectivity index (χ2v) is 5.34. The highest BCUT2D eigenvalue weighted by Gasteiger charge is 2.19. The van der Waals surface area contributed by atoms with Crippen molar-refractivity contribution < 1.29 is 4.79 Å². The van der Waals surface area contributed by atoms with Crippen LogP contribution in [0.25, 0.3) is 0 Å². The standard InChI is InChI=1S/C15H23N3O/c1-18(12-7-3-2-4-8-12)11-15(19)17-14-10-6-5-9-13(14)16/h5-6,9-10,12H,2-4,7-8,11,16H2,1H3,(H,17,19). The maximum atomic E-state index is 12.0. The van der Waals surface area contributed by atoms with Gasteiger partial charge >= 0.3 is 0 Å². The second kappa shape index (κ2) is 6.57. The van der Waals surface area contributed by atoms with Gasteiger partial charge in [-0.3, -0.25) is 9.69 Å². The first-order chi connectivity index (χ1) is 9.16. The van der Waals surface area contributed by atoms with Gasteiger partial charge in [0.2, 0.25) is 5.91 Å². The summed E-state index contributed by atoms with van der Waals surface area (Å²) in [4.78, 5) is 14.2. The number of likely N-dealkylation sites (N-methyl/N-ethyl adjacent to an activating group) is 1. The van der Waals surface area contributed by atoms with Gasteiger partial charge in [-0.25, -0.2) is 0 Å². The summed E-state index contributed by atoms with van der Waals surface area (Å²) in [6.45, 7) is 0.430. The molecular formula is C15H23N3O. The number of benzene rings is 1. The zero-order valence-electron chi connectivity index (χ0n) is 11.6. The van der Waals surface area contributed by atoms with Gasteiger partial charge in [0.05, 0.1) is 17.9 Å².